The topological polar surface area (TPSA) is 38.0 Å². The number of nitrogens with zero attached hydrogens (tertiary/aromatic N) is 2. The van der Waals surface area contributed by atoms with Gasteiger partial charge in [0.15, 0.2) is 5.82 Å². The molecule has 3 nitrogen and oxygen atoms in total. The summed E-state index contributed by atoms with van der Waals surface area (Å²) in [4.78, 5) is 4.32. The van der Waals surface area contributed by atoms with Crippen LogP contribution in [0.25, 0.3) is 11.4 Å². The average molecular weight is 176 g/mol. The van der Waals surface area contributed by atoms with E-state index in [0.29, 0.717) is 11.7 Å². The first kappa shape index (κ1) is 8.10. The molecule has 0 saturated carbocycles. The van der Waals surface area contributed by atoms with Crippen LogP contribution in [0, 0.1) is 0 Å². The molecule has 2 aliphatic rings. The quantitative estimate of drug-likeness (QED) is 0.677. The lowest BCUT2D eigenvalue weighted by Gasteiger charge is -2.01. The maximum Gasteiger partial charge on any atom is 0.175 e. The Bertz CT molecular complexity index is 392. The summed E-state index contributed by atoms with van der Waals surface area (Å²) in [7, 11) is 0. The summed E-state index contributed by atoms with van der Waals surface area (Å²) >= 11 is 0. The molecule has 0 bridgehead atoms. The molecule has 3 heteroatoms. The molecular formula is C10H12N2O. The van der Waals surface area contributed by atoms with Crippen molar-refractivity contribution in [3.63, 3.8) is 0 Å². The Kier molecular flexibility index (Phi) is 1.72. The highest BCUT2D eigenvalue weighted by Crippen LogP contribution is 2.24. The van der Waals surface area contributed by atoms with Gasteiger partial charge in [-0.3, -0.25) is 0 Å². The largest absolute Gasteiger partial charge is 0.427 e. The van der Waals surface area contributed by atoms with Gasteiger partial charge in [-0.25, -0.2) is 4.98 Å². The highest BCUT2D eigenvalue weighted by atomic mass is 16.5. The average Bonchev–Trinajstić information content (AvgIpc) is 2.49. The van der Waals surface area contributed by atoms with E-state index in [2.05, 4.69) is 18.8 Å². The Morgan fingerprint density at radius 3 is 2.85 bits per heavy atom. The summed E-state index contributed by atoms with van der Waals surface area (Å²) in [5.41, 5.74) is 2.00. The molecule has 2 rings (SSSR count). The molecule has 2 aliphatic heterocycles. The second-order valence-corrected chi connectivity index (χ2v) is 3.47. The lowest BCUT2D eigenvalue weighted by Crippen LogP contribution is -1.97. The highest BCUT2D eigenvalue weighted by molar-refractivity contribution is 5.58. The molecule has 0 unspecified atom stereocenters. The lowest BCUT2D eigenvalue weighted by molar-refractivity contribution is 0.186. The predicted octanol–water partition coefficient (Wildman–Crippen LogP) is 2.35. The van der Waals surface area contributed by atoms with Crippen molar-refractivity contribution in [2.24, 2.45) is 0 Å². The van der Waals surface area contributed by atoms with Crippen molar-refractivity contribution in [2.45, 2.75) is 19.8 Å². The van der Waals surface area contributed by atoms with Crippen LogP contribution in [-0.2, 0) is 0 Å². The Morgan fingerprint density at radius 1 is 1.46 bits per heavy atom. The Morgan fingerprint density at radius 2 is 2.23 bits per heavy atom. The van der Waals surface area contributed by atoms with Crippen LogP contribution in [0.2, 0.25) is 0 Å². The minimum absolute atomic E-state index is 0.396. The molecular weight excluding hydrogens is 164 g/mol. The van der Waals surface area contributed by atoms with Crippen LogP contribution >= 0.6 is 0 Å². The first-order valence-corrected chi connectivity index (χ1v) is 4.36. The molecule has 0 saturated heterocycles. The SMILES string of the molecule is CC(C)c1cc2cccn(O)c-2n1. The highest BCUT2D eigenvalue weighted by Gasteiger charge is 2.12. The van der Waals surface area contributed by atoms with Crippen LogP contribution in [0.5, 0.6) is 0 Å². The van der Waals surface area contributed by atoms with Crippen molar-refractivity contribution in [3.8, 4) is 11.4 Å². The van der Waals surface area contributed by atoms with Crippen molar-refractivity contribution < 1.29 is 5.21 Å². The van der Waals surface area contributed by atoms with E-state index in [1.165, 1.54) is 0 Å². The molecule has 0 aliphatic carbocycles. The van der Waals surface area contributed by atoms with Crippen molar-refractivity contribution in [1.82, 2.24) is 9.71 Å². The molecule has 0 aromatic carbocycles. The first-order chi connectivity index (χ1) is 6.18. The fraction of sp³-hybridized carbons (Fsp3) is 0.300. The van der Waals surface area contributed by atoms with Crippen molar-refractivity contribution >= 4 is 0 Å². The number of hydrogen-bond donors (Lipinski definition) is 1. The molecule has 0 amide bonds. The van der Waals surface area contributed by atoms with Crippen molar-refractivity contribution in [3.05, 3.63) is 30.1 Å². The monoisotopic (exact) mass is 176 g/mol. The van der Waals surface area contributed by atoms with Gasteiger partial charge in [-0.1, -0.05) is 13.8 Å². The van der Waals surface area contributed by atoms with Gasteiger partial charge in [-0.2, -0.15) is 4.73 Å². The zero-order valence-electron chi connectivity index (χ0n) is 7.73. The molecule has 0 aromatic heterocycles. The second kappa shape index (κ2) is 2.76. The van der Waals surface area contributed by atoms with E-state index >= 15 is 0 Å². The summed E-state index contributed by atoms with van der Waals surface area (Å²) in [6.07, 6.45) is 1.58. The predicted molar refractivity (Wildman–Crippen MR) is 50.1 cm³/mol. The van der Waals surface area contributed by atoms with E-state index in [1.807, 2.05) is 12.1 Å². The van der Waals surface area contributed by atoms with Gasteiger partial charge in [0.25, 0.3) is 0 Å². The fourth-order valence-corrected chi connectivity index (χ4v) is 1.34. The third-order valence-electron chi connectivity index (χ3n) is 2.11. The summed E-state index contributed by atoms with van der Waals surface area (Å²) < 4.78 is 1.06. The molecule has 0 radical (unpaired) electrons. The molecule has 68 valence electrons. The van der Waals surface area contributed by atoms with E-state index in [4.69, 9.17) is 0 Å². The summed E-state index contributed by atoms with van der Waals surface area (Å²) in [6, 6.07) is 5.75. The van der Waals surface area contributed by atoms with Gasteiger partial charge < -0.3 is 5.21 Å². The smallest absolute Gasteiger partial charge is 0.175 e. The molecule has 0 fully saturated rings. The lowest BCUT2D eigenvalue weighted by atomic mass is 10.1. The Balaban J connectivity index is 2.62. The molecule has 0 atom stereocenters. The zero-order valence-corrected chi connectivity index (χ0v) is 7.73. The maximum atomic E-state index is 9.42. The minimum atomic E-state index is 0.396. The van der Waals surface area contributed by atoms with Gasteiger partial charge in [0.05, 0.1) is 0 Å². The van der Waals surface area contributed by atoms with E-state index in [-0.39, 0.29) is 0 Å². The number of fused-ring (bicyclic) bond motifs is 1. The van der Waals surface area contributed by atoms with Gasteiger partial charge in [-0.05, 0) is 24.1 Å². The van der Waals surface area contributed by atoms with Crippen LogP contribution in [0.4, 0.5) is 0 Å². The van der Waals surface area contributed by atoms with Gasteiger partial charge in [0.2, 0.25) is 0 Å². The van der Waals surface area contributed by atoms with E-state index in [9.17, 15) is 5.21 Å². The molecule has 2 heterocycles. The number of hydrogen-bond acceptors (Lipinski definition) is 2. The standard InChI is InChI=1S/C10H12N2O/c1-7(2)9-6-8-4-3-5-12(13)10(8)11-9/h3-7,13H,1-2H3. The van der Waals surface area contributed by atoms with Gasteiger partial charge in [0.1, 0.15) is 0 Å². The van der Waals surface area contributed by atoms with E-state index < -0.39 is 0 Å². The Hall–Kier alpha value is -1.51. The Labute approximate surface area is 76.9 Å². The van der Waals surface area contributed by atoms with Gasteiger partial charge in [0, 0.05) is 17.5 Å². The van der Waals surface area contributed by atoms with Crippen molar-refractivity contribution in [1.29, 1.82) is 0 Å². The summed E-state index contributed by atoms with van der Waals surface area (Å²) in [6.45, 7) is 4.17. The zero-order chi connectivity index (χ0) is 9.42. The number of pyridine rings is 1. The fourth-order valence-electron chi connectivity index (χ4n) is 1.34. The van der Waals surface area contributed by atoms with Crippen LogP contribution in [0.3, 0.4) is 0 Å². The van der Waals surface area contributed by atoms with Gasteiger partial charge >= 0.3 is 0 Å². The normalized spacial score (nSPS) is 11.3. The number of rotatable bonds is 1. The summed E-state index contributed by atoms with van der Waals surface area (Å²) in [5, 5.41) is 9.42. The maximum absolute atomic E-state index is 9.42. The van der Waals surface area contributed by atoms with Crippen LogP contribution in [0.1, 0.15) is 25.5 Å². The van der Waals surface area contributed by atoms with E-state index in [0.717, 1.165) is 16.0 Å². The molecule has 0 aromatic rings. The molecule has 13 heavy (non-hydrogen) atoms. The number of aromatic nitrogens is 2. The summed E-state index contributed by atoms with van der Waals surface area (Å²) in [5.74, 6) is 1.03. The molecule has 0 spiro atoms. The van der Waals surface area contributed by atoms with Crippen LogP contribution < -0.4 is 0 Å². The van der Waals surface area contributed by atoms with Crippen molar-refractivity contribution in [2.75, 3.05) is 0 Å². The minimum Gasteiger partial charge on any atom is -0.427 e. The second-order valence-electron chi connectivity index (χ2n) is 3.47. The van der Waals surface area contributed by atoms with Crippen LogP contribution in [-0.4, -0.2) is 14.9 Å². The third kappa shape index (κ3) is 1.26. The van der Waals surface area contributed by atoms with Gasteiger partial charge in [-0.15, -0.1) is 0 Å². The van der Waals surface area contributed by atoms with E-state index in [1.54, 1.807) is 12.3 Å². The first-order valence-electron chi connectivity index (χ1n) is 4.36. The third-order valence-corrected chi connectivity index (χ3v) is 2.11. The molecule has 1 N–H and O–H groups in total. The van der Waals surface area contributed by atoms with Crippen LogP contribution in [0.15, 0.2) is 24.4 Å².